The van der Waals surface area contributed by atoms with E-state index in [0.29, 0.717) is 18.6 Å². The van der Waals surface area contributed by atoms with Crippen molar-refractivity contribution in [1.29, 1.82) is 0 Å². The predicted octanol–water partition coefficient (Wildman–Crippen LogP) is 3.18. The maximum Gasteiger partial charge on any atom is 0.338 e. The Morgan fingerprint density at radius 2 is 2.06 bits per heavy atom. The van der Waals surface area contributed by atoms with Gasteiger partial charge < -0.3 is 19.7 Å². The molecule has 7 nitrogen and oxygen atoms in total. The first-order chi connectivity index (χ1) is 14.6. The van der Waals surface area contributed by atoms with Gasteiger partial charge in [0, 0.05) is 11.3 Å². The van der Waals surface area contributed by atoms with Crippen LogP contribution in [0, 0.1) is 22.7 Å². The van der Waals surface area contributed by atoms with E-state index in [1.165, 1.54) is 0 Å². The highest BCUT2D eigenvalue weighted by Gasteiger charge is 2.57. The highest BCUT2D eigenvalue weighted by atomic mass is 16.5. The van der Waals surface area contributed by atoms with Crippen LogP contribution in [0.4, 0.5) is 0 Å². The second kappa shape index (κ2) is 8.99. The molecule has 3 rings (SSSR count). The zero-order valence-corrected chi connectivity index (χ0v) is 18.3. The fourth-order valence-corrected chi connectivity index (χ4v) is 5.70. The van der Waals surface area contributed by atoms with Crippen molar-refractivity contribution in [3.8, 4) is 0 Å². The molecule has 5 atom stereocenters. The molecule has 0 spiro atoms. The molecular weight excluding hydrogens is 400 g/mol. The van der Waals surface area contributed by atoms with Crippen molar-refractivity contribution in [2.45, 2.75) is 58.5 Å². The van der Waals surface area contributed by atoms with Crippen LogP contribution in [0.25, 0.3) is 0 Å². The first-order valence-electron chi connectivity index (χ1n) is 10.9. The fraction of sp³-hybridized carbons (Fsp3) is 0.625. The minimum absolute atomic E-state index is 0.0232. The minimum Gasteiger partial charge on any atom is -0.481 e. The lowest BCUT2D eigenvalue weighted by Gasteiger charge is -2.59. The standard InChI is InChI=1S/C24H32O7/c1-15-4-7-18-23(2,17(15)6-5-16-11-13-30-22(16)29)12-10-19(25)24(18,3)14-31-21(28)9-8-20(26)27/h5-6,11,17-19,25H,1,4,7-10,12-14H2,2-3H3,(H,26,27)/t17?,18?,19-,23+,24+/m1/s1. The largest absolute Gasteiger partial charge is 0.481 e. The first-order valence-corrected chi connectivity index (χ1v) is 10.9. The maximum atomic E-state index is 12.0. The van der Waals surface area contributed by atoms with Crippen molar-refractivity contribution in [2.75, 3.05) is 13.2 Å². The van der Waals surface area contributed by atoms with Crippen LogP contribution < -0.4 is 0 Å². The number of aliphatic carboxylic acids is 1. The van der Waals surface area contributed by atoms with Crippen LogP contribution in [0.2, 0.25) is 0 Å². The zero-order valence-electron chi connectivity index (χ0n) is 18.3. The number of aliphatic hydroxyl groups excluding tert-OH is 1. The summed E-state index contributed by atoms with van der Waals surface area (Å²) in [7, 11) is 0. The first kappa shape index (κ1) is 23.3. The molecule has 7 heteroatoms. The van der Waals surface area contributed by atoms with Crippen molar-refractivity contribution in [3.63, 3.8) is 0 Å². The monoisotopic (exact) mass is 432 g/mol. The molecule has 3 aliphatic rings. The van der Waals surface area contributed by atoms with Gasteiger partial charge in [-0.3, -0.25) is 9.59 Å². The van der Waals surface area contributed by atoms with Gasteiger partial charge in [-0.2, -0.15) is 0 Å². The van der Waals surface area contributed by atoms with E-state index in [4.69, 9.17) is 14.6 Å². The van der Waals surface area contributed by atoms with Crippen molar-refractivity contribution in [1.82, 2.24) is 0 Å². The van der Waals surface area contributed by atoms with E-state index in [1.54, 1.807) is 6.08 Å². The number of aliphatic hydroxyl groups is 1. The van der Waals surface area contributed by atoms with E-state index < -0.39 is 23.5 Å². The molecule has 31 heavy (non-hydrogen) atoms. The number of allylic oxidation sites excluding steroid dienone is 2. The number of hydrogen-bond donors (Lipinski definition) is 2. The Balaban J connectivity index is 1.80. The van der Waals surface area contributed by atoms with E-state index in [0.717, 1.165) is 24.8 Å². The van der Waals surface area contributed by atoms with Crippen molar-refractivity contribution < 1.29 is 34.1 Å². The number of fused-ring (bicyclic) bond motifs is 1. The van der Waals surface area contributed by atoms with Gasteiger partial charge in [0.2, 0.25) is 0 Å². The number of rotatable bonds is 7. The predicted molar refractivity (Wildman–Crippen MR) is 113 cm³/mol. The quantitative estimate of drug-likeness (QED) is 0.470. The van der Waals surface area contributed by atoms with Gasteiger partial charge in [-0.15, -0.1) is 0 Å². The normalized spacial score (nSPS) is 35.5. The summed E-state index contributed by atoms with van der Waals surface area (Å²) < 4.78 is 10.4. The number of carboxylic acid groups (broad SMARTS) is 1. The van der Waals surface area contributed by atoms with Gasteiger partial charge in [0.25, 0.3) is 0 Å². The lowest BCUT2D eigenvalue weighted by atomic mass is 9.46. The maximum absolute atomic E-state index is 12.0. The van der Waals surface area contributed by atoms with Gasteiger partial charge in [0.1, 0.15) is 6.61 Å². The summed E-state index contributed by atoms with van der Waals surface area (Å²) in [5, 5.41) is 19.7. The van der Waals surface area contributed by atoms with Crippen molar-refractivity contribution in [3.05, 3.63) is 36.0 Å². The molecule has 0 amide bonds. The number of hydrogen-bond acceptors (Lipinski definition) is 6. The fourth-order valence-electron chi connectivity index (χ4n) is 5.70. The van der Waals surface area contributed by atoms with E-state index in [1.807, 2.05) is 19.1 Å². The summed E-state index contributed by atoms with van der Waals surface area (Å²) in [6, 6.07) is 0. The summed E-state index contributed by atoms with van der Waals surface area (Å²) in [6.45, 7) is 8.77. The molecule has 0 aromatic rings. The van der Waals surface area contributed by atoms with Gasteiger partial charge in [-0.05, 0) is 43.1 Å². The van der Waals surface area contributed by atoms with E-state index in [2.05, 4.69) is 13.5 Å². The molecule has 2 aliphatic carbocycles. The molecular formula is C24H32O7. The minimum atomic E-state index is -1.05. The summed E-state index contributed by atoms with van der Waals surface area (Å²) in [5.41, 5.74) is 0.782. The molecule has 0 radical (unpaired) electrons. The zero-order chi connectivity index (χ0) is 22.8. The van der Waals surface area contributed by atoms with Crippen molar-refractivity contribution >= 4 is 17.9 Å². The Labute approximate surface area is 182 Å². The van der Waals surface area contributed by atoms with E-state index in [9.17, 15) is 19.5 Å². The highest BCUT2D eigenvalue weighted by Crippen LogP contribution is 2.61. The molecule has 2 unspecified atom stereocenters. The van der Waals surface area contributed by atoms with Crippen LogP contribution in [0.5, 0.6) is 0 Å². The smallest absolute Gasteiger partial charge is 0.338 e. The molecule has 0 aromatic heterocycles. The second-order valence-corrected chi connectivity index (χ2v) is 9.46. The lowest BCUT2D eigenvalue weighted by molar-refractivity contribution is -0.172. The summed E-state index contributed by atoms with van der Waals surface area (Å²) in [6.07, 6.45) is 7.49. The Hall–Kier alpha value is -2.41. The van der Waals surface area contributed by atoms with Gasteiger partial charge in [-0.25, -0.2) is 4.79 Å². The number of carboxylic acids is 1. The van der Waals surface area contributed by atoms with Crippen LogP contribution >= 0.6 is 0 Å². The molecule has 1 aliphatic heterocycles. The average molecular weight is 433 g/mol. The van der Waals surface area contributed by atoms with E-state index >= 15 is 0 Å². The molecule has 1 heterocycles. The van der Waals surface area contributed by atoms with Crippen LogP contribution in [0.15, 0.2) is 36.0 Å². The third-order valence-electron chi connectivity index (χ3n) is 7.52. The van der Waals surface area contributed by atoms with Gasteiger partial charge >= 0.3 is 17.9 Å². The Morgan fingerprint density at radius 1 is 1.32 bits per heavy atom. The van der Waals surface area contributed by atoms with Gasteiger partial charge in [0.05, 0.1) is 31.1 Å². The number of carbonyl (C=O) groups excluding carboxylic acids is 2. The molecule has 170 valence electrons. The lowest BCUT2D eigenvalue weighted by Crippen LogP contribution is -2.57. The summed E-state index contributed by atoms with van der Waals surface area (Å²) >= 11 is 0. The Morgan fingerprint density at radius 3 is 2.71 bits per heavy atom. The van der Waals surface area contributed by atoms with Crippen LogP contribution in [0.3, 0.4) is 0 Å². The third kappa shape index (κ3) is 4.61. The Bertz CT molecular complexity index is 826. The third-order valence-corrected chi connectivity index (χ3v) is 7.52. The summed E-state index contributed by atoms with van der Waals surface area (Å²) in [4.78, 5) is 34.5. The second-order valence-electron chi connectivity index (χ2n) is 9.46. The van der Waals surface area contributed by atoms with Gasteiger partial charge in [0.15, 0.2) is 0 Å². The van der Waals surface area contributed by atoms with Crippen LogP contribution in [-0.2, 0) is 23.9 Å². The molecule has 0 bridgehead atoms. The average Bonchev–Trinajstić information content (AvgIpc) is 3.12. The van der Waals surface area contributed by atoms with Crippen LogP contribution in [0.1, 0.15) is 52.4 Å². The number of carbonyl (C=O) groups is 3. The SMILES string of the molecule is C=C1CCC2[C@@](C)(CC[C@@H](O)[C@@]2(C)COC(=O)CCC(=O)O)C1C=CC1=CCOC1=O. The number of esters is 2. The highest BCUT2D eigenvalue weighted by molar-refractivity contribution is 5.93. The molecule has 0 saturated heterocycles. The van der Waals surface area contributed by atoms with Crippen LogP contribution in [-0.4, -0.2) is 47.4 Å². The number of cyclic esters (lactones) is 1. The van der Waals surface area contributed by atoms with Crippen molar-refractivity contribution in [2.24, 2.45) is 22.7 Å². The molecule has 2 saturated carbocycles. The number of ether oxygens (including phenoxy) is 2. The van der Waals surface area contributed by atoms with E-state index in [-0.39, 0.29) is 42.7 Å². The topological polar surface area (TPSA) is 110 Å². The molecule has 0 aromatic carbocycles. The molecule has 2 N–H and O–H groups in total. The summed E-state index contributed by atoms with van der Waals surface area (Å²) in [5.74, 6) is -1.84. The van der Waals surface area contributed by atoms with Gasteiger partial charge in [-0.1, -0.05) is 38.2 Å². The Kier molecular flexibility index (Phi) is 6.74. The molecule has 2 fully saturated rings.